The van der Waals surface area contributed by atoms with Gasteiger partial charge in [0.1, 0.15) is 5.44 Å². The van der Waals surface area contributed by atoms with Gasteiger partial charge in [0.15, 0.2) is 0 Å². The molecular formula is C11H18N2OS. The number of hydrogen-bond acceptors (Lipinski definition) is 3. The van der Waals surface area contributed by atoms with Crippen LogP contribution in [-0.2, 0) is 13.5 Å². The third-order valence-corrected chi connectivity index (χ3v) is 4.62. The molecule has 15 heavy (non-hydrogen) atoms. The standard InChI is InChI=1S/C11H18N2OS/c1-3-10-8(6-15-11(10)14)4-9-5-12-7-13(9)2/h5,7-8,10-11,14H,3-4,6H2,1-2H3/t8-,10-,11+/m0/s1. The van der Waals surface area contributed by atoms with E-state index in [1.807, 2.05) is 19.6 Å². The number of rotatable bonds is 3. The van der Waals surface area contributed by atoms with E-state index < -0.39 is 0 Å². The highest BCUT2D eigenvalue weighted by Gasteiger charge is 2.34. The third kappa shape index (κ3) is 2.21. The number of thioether (sulfide) groups is 1. The molecule has 1 fully saturated rings. The first-order valence-electron chi connectivity index (χ1n) is 5.47. The predicted molar refractivity (Wildman–Crippen MR) is 62.6 cm³/mol. The zero-order chi connectivity index (χ0) is 10.8. The zero-order valence-corrected chi connectivity index (χ0v) is 10.1. The van der Waals surface area contributed by atoms with Gasteiger partial charge in [-0.15, -0.1) is 11.8 Å². The molecule has 84 valence electrons. The lowest BCUT2D eigenvalue weighted by molar-refractivity contribution is 0.163. The van der Waals surface area contributed by atoms with Crippen LogP contribution in [0.15, 0.2) is 12.5 Å². The number of aromatic nitrogens is 2. The van der Waals surface area contributed by atoms with Gasteiger partial charge in [0.05, 0.1) is 6.33 Å². The van der Waals surface area contributed by atoms with Gasteiger partial charge >= 0.3 is 0 Å². The second-order valence-corrected chi connectivity index (χ2v) is 5.41. The van der Waals surface area contributed by atoms with Crippen molar-refractivity contribution in [3.8, 4) is 0 Å². The Kier molecular flexibility index (Phi) is 3.36. The fraction of sp³-hybridized carbons (Fsp3) is 0.727. The SMILES string of the molecule is CC[C@H]1[C@@H](Cc2cncn2C)CS[C@H]1O. The first-order chi connectivity index (χ1) is 7.22. The highest BCUT2D eigenvalue weighted by Crippen LogP contribution is 2.39. The van der Waals surface area contributed by atoms with E-state index in [1.54, 1.807) is 11.8 Å². The monoisotopic (exact) mass is 226 g/mol. The van der Waals surface area contributed by atoms with Gasteiger partial charge in [0.25, 0.3) is 0 Å². The topological polar surface area (TPSA) is 38.0 Å². The van der Waals surface area contributed by atoms with Crippen molar-refractivity contribution in [2.24, 2.45) is 18.9 Å². The molecule has 0 radical (unpaired) electrons. The molecule has 0 bridgehead atoms. The lowest BCUT2D eigenvalue weighted by Crippen LogP contribution is -2.20. The molecule has 3 atom stereocenters. The summed E-state index contributed by atoms with van der Waals surface area (Å²) in [7, 11) is 2.03. The van der Waals surface area contributed by atoms with E-state index in [9.17, 15) is 5.11 Å². The van der Waals surface area contributed by atoms with Crippen LogP contribution in [0, 0.1) is 11.8 Å². The summed E-state index contributed by atoms with van der Waals surface area (Å²) < 4.78 is 2.07. The molecule has 0 amide bonds. The molecule has 1 aromatic rings. The van der Waals surface area contributed by atoms with E-state index in [0.29, 0.717) is 11.8 Å². The van der Waals surface area contributed by atoms with Crippen molar-refractivity contribution in [1.29, 1.82) is 0 Å². The Morgan fingerprint density at radius 3 is 3.07 bits per heavy atom. The van der Waals surface area contributed by atoms with E-state index in [4.69, 9.17) is 0 Å². The Bertz CT molecular complexity index is 326. The quantitative estimate of drug-likeness (QED) is 0.852. The molecule has 1 aliphatic rings. The van der Waals surface area contributed by atoms with Crippen LogP contribution in [0.4, 0.5) is 0 Å². The Labute approximate surface area is 94.9 Å². The molecule has 1 N–H and O–H groups in total. The van der Waals surface area contributed by atoms with Gasteiger partial charge in [-0.3, -0.25) is 0 Å². The smallest absolute Gasteiger partial charge is 0.102 e. The van der Waals surface area contributed by atoms with Crippen molar-refractivity contribution in [2.75, 3.05) is 5.75 Å². The average Bonchev–Trinajstić information content (AvgIpc) is 2.76. The van der Waals surface area contributed by atoms with Crippen molar-refractivity contribution in [3.63, 3.8) is 0 Å². The first-order valence-corrected chi connectivity index (χ1v) is 6.52. The van der Waals surface area contributed by atoms with Gasteiger partial charge in [-0.25, -0.2) is 4.98 Å². The van der Waals surface area contributed by atoms with Crippen LogP contribution < -0.4 is 0 Å². The maximum atomic E-state index is 9.80. The lowest BCUT2D eigenvalue weighted by atomic mass is 9.89. The minimum Gasteiger partial charge on any atom is -0.382 e. The fourth-order valence-electron chi connectivity index (χ4n) is 2.30. The Balaban J connectivity index is 2.03. The van der Waals surface area contributed by atoms with Crippen LogP contribution in [0.3, 0.4) is 0 Å². The average molecular weight is 226 g/mol. The maximum absolute atomic E-state index is 9.80. The molecule has 0 saturated carbocycles. The van der Waals surface area contributed by atoms with Gasteiger partial charge < -0.3 is 9.67 Å². The second-order valence-electron chi connectivity index (χ2n) is 4.26. The van der Waals surface area contributed by atoms with Crippen molar-refractivity contribution < 1.29 is 5.11 Å². The number of aliphatic hydroxyl groups is 1. The summed E-state index contributed by atoms with van der Waals surface area (Å²) in [5.74, 6) is 2.13. The summed E-state index contributed by atoms with van der Waals surface area (Å²) in [6.07, 6.45) is 5.88. The molecular weight excluding hydrogens is 208 g/mol. The summed E-state index contributed by atoms with van der Waals surface area (Å²) >= 11 is 1.69. The molecule has 0 aliphatic carbocycles. The number of nitrogens with zero attached hydrogens (tertiary/aromatic N) is 2. The first kappa shape index (κ1) is 11.0. The number of imidazole rings is 1. The minimum atomic E-state index is -0.159. The van der Waals surface area contributed by atoms with Crippen LogP contribution in [0.2, 0.25) is 0 Å². The van der Waals surface area contributed by atoms with Crippen molar-refractivity contribution in [2.45, 2.75) is 25.2 Å². The molecule has 4 heteroatoms. The highest BCUT2D eigenvalue weighted by molar-refractivity contribution is 8.00. The molecule has 0 spiro atoms. The minimum absolute atomic E-state index is 0.159. The number of aliphatic hydroxyl groups excluding tert-OH is 1. The second kappa shape index (κ2) is 4.58. The fourth-order valence-corrected chi connectivity index (χ4v) is 3.77. The third-order valence-electron chi connectivity index (χ3n) is 3.31. The van der Waals surface area contributed by atoms with Gasteiger partial charge in [-0.2, -0.15) is 0 Å². The van der Waals surface area contributed by atoms with E-state index in [2.05, 4.69) is 16.5 Å². The summed E-state index contributed by atoms with van der Waals surface area (Å²) in [5.41, 5.74) is 1.11. The summed E-state index contributed by atoms with van der Waals surface area (Å²) in [5, 5.41) is 9.80. The highest BCUT2D eigenvalue weighted by atomic mass is 32.2. The van der Waals surface area contributed by atoms with E-state index >= 15 is 0 Å². The Morgan fingerprint density at radius 2 is 2.47 bits per heavy atom. The number of hydrogen-bond donors (Lipinski definition) is 1. The molecule has 2 heterocycles. The van der Waals surface area contributed by atoms with Crippen molar-refractivity contribution in [1.82, 2.24) is 9.55 Å². The molecule has 0 aromatic carbocycles. The molecule has 1 aliphatic heterocycles. The van der Waals surface area contributed by atoms with Gasteiger partial charge in [0.2, 0.25) is 0 Å². The lowest BCUT2D eigenvalue weighted by Gasteiger charge is -2.19. The predicted octanol–water partition coefficient (Wildman–Crippen LogP) is 1.67. The normalized spacial score (nSPS) is 31.0. The van der Waals surface area contributed by atoms with Crippen LogP contribution in [0.25, 0.3) is 0 Å². The van der Waals surface area contributed by atoms with E-state index in [1.165, 1.54) is 5.69 Å². The van der Waals surface area contributed by atoms with E-state index in [0.717, 1.165) is 18.6 Å². The summed E-state index contributed by atoms with van der Waals surface area (Å²) in [6.45, 7) is 2.16. The molecule has 3 nitrogen and oxygen atoms in total. The summed E-state index contributed by atoms with van der Waals surface area (Å²) in [6, 6.07) is 0. The number of aryl methyl sites for hydroxylation is 1. The van der Waals surface area contributed by atoms with Crippen LogP contribution in [-0.4, -0.2) is 25.8 Å². The van der Waals surface area contributed by atoms with Crippen molar-refractivity contribution >= 4 is 11.8 Å². The van der Waals surface area contributed by atoms with Crippen LogP contribution >= 0.6 is 11.8 Å². The zero-order valence-electron chi connectivity index (χ0n) is 9.26. The van der Waals surface area contributed by atoms with E-state index in [-0.39, 0.29) is 5.44 Å². The molecule has 0 unspecified atom stereocenters. The van der Waals surface area contributed by atoms with Crippen LogP contribution in [0.5, 0.6) is 0 Å². The summed E-state index contributed by atoms with van der Waals surface area (Å²) in [4.78, 5) is 4.13. The van der Waals surface area contributed by atoms with Crippen molar-refractivity contribution in [3.05, 3.63) is 18.2 Å². The molecule has 1 saturated heterocycles. The van der Waals surface area contributed by atoms with Gasteiger partial charge in [-0.1, -0.05) is 6.92 Å². The Hall–Kier alpha value is -0.480. The Morgan fingerprint density at radius 1 is 1.67 bits per heavy atom. The molecule has 1 aromatic heterocycles. The van der Waals surface area contributed by atoms with Gasteiger partial charge in [0, 0.05) is 18.9 Å². The largest absolute Gasteiger partial charge is 0.382 e. The maximum Gasteiger partial charge on any atom is 0.102 e. The molecule has 2 rings (SSSR count). The van der Waals surface area contributed by atoms with Gasteiger partial charge in [-0.05, 0) is 30.4 Å². The van der Waals surface area contributed by atoms with Crippen LogP contribution in [0.1, 0.15) is 19.0 Å².